The highest BCUT2D eigenvalue weighted by molar-refractivity contribution is 5.96. The van der Waals surface area contributed by atoms with Gasteiger partial charge in [0, 0.05) is 49.9 Å². The summed E-state index contributed by atoms with van der Waals surface area (Å²) in [7, 11) is 2.87. The average Bonchev–Trinajstić information content (AvgIpc) is 3.03. The molecule has 1 fully saturated rings. The van der Waals surface area contributed by atoms with Gasteiger partial charge in [0.2, 0.25) is 5.91 Å². The molecule has 0 spiro atoms. The second-order valence-corrected chi connectivity index (χ2v) is 6.81. The van der Waals surface area contributed by atoms with Crippen LogP contribution in [-0.4, -0.2) is 37.3 Å². The van der Waals surface area contributed by atoms with E-state index in [1.54, 1.807) is 19.4 Å². The lowest BCUT2D eigenvalue weighted by atomic mass is 9.97. The summed E-state index contributed by atoms with van der Waals surface area (Å²) in [5, 5.41) is 0. The van der Waals surface area contributed by atoms with Crippen molar-refractivity contribution in [2.75, 3.05) is 25.7 Å². The van der Waals surface area contributed by atoms with Crippen LogP contribution in [0.5, 0.6) is 5.75 Å². The number of carbonyl (C=O) groups is 1. The SMILES string of the molecule is COc1cc(F)c([C@H]2CC(=O)N(c3cccn(CC(C)OC)c3=O)C2)c(F)c1. The molecule has 0 radical (unpaired) electrons. The Kier molecular flexibility index (Phi) is 5.79. The van der Waals surface area contributed by atoms with Gasteiger partial charge >= 0.3 is 0 Å². The number of hydrogen-bond acceptors (Lipinski definition) is 4. The first-order chi connectivity index (χ1) is 13.3. The highest BCUT2D eigenvalue weighted by Gasteiger charge is 2.36. The molecule has 150 valence electrons. The molecular weight excluding hydrogens is 370 g/mol. The van der Waals surface area contributed by atoms with Gasteiger partial charge in [-0.1, -0.05) is 0 Å². The molecule has 3 rings (SSSR count). The average molecular weight is 392 g/mol. The van der Waals surface area contributed by atoms with E-state index >= 15 is 0 Å². The summed E-state index contributed by atoms with van der Waals surface area (Å²) in [5.41, 5.74) is -0.329. The van der Waals surface area contributed by atoms with Gasteiger partial charge in [0.15, 0.2) is 0 Å². The molecule has 0 bridgehead atoms. The lowest BCUT2D eigenvalue weighted by molar-refractivity contribution is -0.117. The van der Waals surface area contributed by atoms with Crippen molar-refractivity contribution in [3.63, 3.8) is 0 Å². The number of anilines is 1. The van der Waals surface area contributed by atoms with Gasteiger partial charge in [-0.25, -0.2) is 8.78 Å². The van der Waals surface area contributed by atoms with E-state index in [2.05, 4.69) is 0 Å². The van der Waals surface area contributed by atoms with Gasteiger partial charge in [-0.15, -0.1) is 0 Å². The van der Waals surface area contributed by atoms with Crippen molar-refractivity contribution >= 4 is 11.6 Å². The summed E-state index contributed by atoms with van der Waals surface area (Å²) >= 11 is 0. The van der Waals surface area contributed by atoms with Crippen molar-refractivity contribution in [2.24, 2.45) is 0 Å². The van der Waals surface area contributed by atoms with E-state index in [9.17, 15) is 18.4 Å². The zero-order valence-electron chi connectivity index (χ0n) is 15.9. The number of rotatable bonds is 6. The first-order valence-electron chi connectivity index (χ1n) is 8.91. The second kappa shape index (κ2) is 8.10. The molecule has 1 aromatic heterocycles. The van der Waals surface area contributed by atoms with Gasteiger partial charge in [-0.05, 0) is 19.1 Å². The molecule has 0 N–H and O–H groups in total. The molecule has 2 atom stereocenters. The maximum absolute atomic E-state index is 14.4. The van der Waals surface area contributed by atoms with Gasteiger partial charge in [0.1, 0.15) is 23.1 Å². The number of pyridine rings is 1. The Balaban J connectivity index is 1.90. The third kappa shape index (κ3) is 3.77. The van der Waals surface area contributed by atoms with Gasteiger partial charge in [0.25, 0.3) is 5.56 Å². The molecule has 8 heteroatoms. The maximum Gasteiger partial charge on any atom is 0.274 e. The Hall–Kier alpha value is -2.74. The number of hydrogen-bond donors (Lipinski definition) is 0. The number of halogens is 2. The van der Waals surface area contributed by atoms with Crippen molar-refractivity contribution in [2.45, 2.75) is 31.9 Å². The Bertz CT molecular complexity index is 921. The number of nitrogens with zero attached hydrogens (tertiary/aromatic N) is 2. The minimum absolute atomic E-state index is 0.0259. The van der Waals surface area contributed by atoms with Crippen LogP contribution in [0, 0.1) is 11.6 Å². The summed E-state index contributed by atoms with van der Waals surface area (Å²) in [4.78, 5) is 26.6. The third-order valence-electron chi connectivity index (χ3n) is 4.97. The Morgan fingerprint density at radius 1 is 1.21 bits per heavy atom. The highest BCUT2D eigenvalue weighted by Crippen LogP contribution is 2.35. The summed E-state index contributed by atoms with van der Waals surface area (Å²) < 4.78 is 40.3. The van der Waals surface area contributed by atoms with Crippen molar-refractivity contribution in [3.05, 3.63) is 58.0 Å². The van der Waals surface area contributed by atoms with E-state index in [-0.39, 0.29) is 47.5 Å². The molecule has 1 aliphatic heterocycles. The molecular formula is C20H22F2N2O4. The summed E-state index contributed by atoms with van der Waals surface area (Å²) in [6.45, 7) is 2.18. The Labute approximate surface area is 161 Å². The first kappa shape index (κ1) is 20.0. The number of methoxy groups -OCH3 is 2. The Morgan fingerprint density at radius 3 is 2.50 bits per heavy atom. The van der Waals surface area contributed by atoms with E-state index in [0.29, 0.717) is 6.54 Å². The van der Waals surface area contributed by atoms with Crippen LogP contribution < -0.4 is 15.2 Å². The van der Waals surface area contributed by atoms with Gasteiger partial charge < -0.3 is 18.9 Å². The lowest BCUT2D eigenvalue weighted by Gasteiger charge is -2.19. The van der Waals surface area contributed by atoms with E-state index in [0.717, 1.165) is 12.1 Å². The van der Waals surface area contributed by atoms with Crippen LogP contribution in [0.1, 0.15) is 24.8 Å². The Morgan fingerprint density at radius 2 is 1.89 bits per heavy atom. The second-order valence-electron chi connectivity index (χ2n) is 6.81. The molecule has 1 unspecified atom stereocenters. The van der Waals surface area contributed by atoms with Crippen LogP contribution in [0.25, 0.3) is 0 Å². The van der Waals surface area contributed by atoms with E-state index < -0.39 is 17.6 Å². The number of benzene rings is 1. The van der Waals surface area contributed by atoms with Crippen LogP contribution in [0.2, 0.25) is 0 Å². The predicted molar refractivity (Wildman–Crippen MR) is 99.8 cm³/mol. The van der Waals surface area contributed by atoms with Crippen molar-refractivity contribution < 1.29 is 23.0 Å². The molecule has 1 aliphatic rings. The molecule has 6 nitrogen and oxygen atoms in total. The van der Waals surface area contributed by atoms with Crippen LogP contribution in [-0.2, 0) is 16.1 Å². The zero-order valence-corrected chi connectivity index (χ0v) is 15.9. The zero-order chi connectivity index (χ0) is 20.4. The monoisotopic (exact) mass is 392 g/mol. The molecule has 1 saturated heterocycles. The first-order valence-corrected chi connectivity index (χ1v) is 8.91. The third-order valence-corrected chi connectivity index (χ3v) is 4.97. The van der Waals surface area contributed by atoms with Gasteiger partial charge in [-0.3, -0.25) is 9.59 Å². The minimum Gasteiger partial charge on any atom is -0.497 e. The van der Waals surface area contributed by atoms with Crippen LogP contribution in [0.3, 0.4) is 0 Å². The largest absolute Gasteiger partial charge is 0.497 e. The van der Waals surface area contributed by atoms with Crippen LogP contribution in [0.4, 0.5) is 14.5 Å². The number of carbonyl (C=O) groups excluding carboxylic acids is 1. The van der Waals surface area contributed by atoms with Gasteiger partial charge in [0.05, 0.1) is 19.8 Å². The standard InChI is InChI=1S/C20H22F2N2O4/c1-12(27-2)10-23-6-4-5-17(20(23)26)24-11-13(7-18(24)25)19-15(21)8-14(28-3)9-16(19)22/h4-6,8-9,12-13H,7,10-11H2,1-3H3/t12?,13-/m0/s1. The molecule has 0 aliphatic carbocycles. The molecule has 2 heterocycles. The maximum atomic E-state index is 14.4. The quantitative estimate of drug-likeness (QED) is 0.759. The van der Waals surface area contributed by atoms with Crippen LogP contribution >= 0.6 is 0 Å². The minimum atomic E-state index is -0.768. The number of ether oxygens (including phenoxy) is 2. The van der Waals surface area contributed by atoms with Gasteiger partial charge in [-0.2, -0.15) is 0 Å². The lowest BCUT2D eigenvalue weighted by Crippen LogP contribution is -2.34. The van der Waals surface area contributed by atoms with Crippen molar-refractivity contribution in [1.82, 2.24) is 4.57 Å². The molecule has 0 saturated carbocycles. The van der Waals surface area contributed by atoms with E-state index in [1.165, 1.54) is 22.6 Å². The topological polar surface area (TPSA) is 60.8 Å². The number of amides is 1. The van der Waals surface area contributed by atoms with Crippen molar-refractivity contribution in [1.29, 1.82) is 0 Å². The summed E-state index contributed by atoms with van der Waals surface area (Å²) in [6.07, 6.45) is 1.35. The molecule has 2 aromatic rings. The summed E-state index contributed by atoms with van der Waals surface area (Å²) in [6, 6.07) is 5.38. The number of aromatic nitrogens is 1. The fraction of sp³-hybridized carbons (Fsp3) is 0.400. The fourth-order valence-electron chi connectivity index (χ4n) is 3.43. The van der Waals surface area contributed by atoms with E-state index in [1.807, 2.05) is 6.92 Å². The highest BCUT2D eigenvalue weighted by atomic mass is 19.1. The fourth-order valence-corrected chi connectivity index (χ4v) is 3.43. The van der Waals surface area contributed by atoms with Crippen molar-refractivity contribution in [3.8, 4) is 5.75 Å². The van der Waals surface area contributed by atoms with Crippen LogP contribution in [0.15, 0.2) is 35.3 Å². The normalized spacial score (nSPS) is 17.8. The molecule has 1 amide bonds. The summed E-state index contributed by atoms with van der Waals surface area (Å²) in [5.74, 6) is -2.51. The molecule has 1 aromatic carbocycles. The predicted octanol–water partition coefficient (Wildman–Crippen LogP) is 2.69. The molecule has 28 heavy (non-hydrogen) atoms. The van der Waals surface area contributed by atoms with E-state index in [4.69, 9.17) is 9.47 Å². The smallest absolute Gasteiger partial charge is 0.274 e.